The van der Waals surface area contributed by atoms with Gasteiger partial charge in [-0.25, -0.2) is 9.67 Å². The van der Waals surface area contributed by atoms with Gasteiger partial charge >= 0.3 is 0 Å². The van der Waals surface area contributed by atoms with E-state index in [0.29, 0.717) is 0 Å². The Morgan fingerprint density at radius 3 is 2.40 bits per heavy atom. The summed E-state index contributed by atoms with van der Waals surface area (Å²) in [7, 11) is 0. The fraction of sp³-hybridized carbons (Fsp3) is 0.467. The van der Waals surface area contributed by atoms with Crippen LogP contribution < -0.4 is 5.32 Å². The van der Waals surface area contributed by atoms with Crippen LogP contribution in [0.5, 0.6) is 0 Å². The van der Waals surface area contributed by atoms with Gasteiger partial charge in [0.25, 0.3) is 0 Å². The predicted octanol–water partition coefficient (Wildman–Crippen LogP) is 3.53. The Balaban J connectivity index is 2.18. The normalized spacial score (nSPS) is 11.9. The Morgan fingerprint density at radius 1 is 1.25 bits per heavy atom. The van der Waals surface area contributed by atoms with Gasteiger partial charge in [-0.1, -0.05) is 6.07 Å². The highest BCUT2D eigenvalue weighted by Gasteiger charge is 2.12. The van der Waals surface area contributed by atoms with E-state index in [4.69, 9.17) is 0 Å². The van der Waals surface area contributed by atoms with Gasteiger partial charge in [-0.15, -0.1) is 0 Å². The van der Waals surface area contributed by atoms with E-state index in [-0.39, 0.29) is 5.54 Å². The second kappa shape index (κ2) is 5.66. The number of aromatic nitrogens is 3. The van der Waals surface area contributed by atoms with Crippen LogP contribution in [0.15, 0.2) is 22.8 Å². The lowest BCUT2D eigenvalue weighted by molar-refractivity contribution is 0.424. The highest BCUT2D eigenvalue weighted by molar-refractivity contribution is 9.10. The van der Waals surface area contributed by atoms with Gasteiger partial charge in [0.15, 0.2) is 5.82 Å². The Bertz CT molecular complexity index is 594. The zero-order valence-electron chi connectivity index (χ0n) is 12.7. The predicted molar refractivity (Wildman–Crippen MR) is 85.1 cm³/mol. The molecule has 20 heavy (non-hydrogen) atoms. The van der Waals surface area contributed by atoms with E-state index in [1.54, 1.807) is 0 Å². The van der Waals surface area contributed by atoms with E-state index in [0.717, 1.165) is 28.2 Å². The lowest BCUT2D eigenvalue weighted by Crippen LogP contribution is -2.35. The summed E-state index contributed by atoms with van der Waals surface area (Å²) in [6, 6.07) is 4.09. The molecule has 0 saturated carbocycles. The summed E-state index contributed by atoms with van der Waals surface area (Å²) < 4.78 is 2.90. The van der Waals surface area contributed by atoms with Crippen molar-refractivity contribution in [2.24, 2.45) is 0 Å². The smallest absolute Gasteiger partial charge is 0.153 e. The summed E-state index contributed by atoms with van der Waals surface area (Å²) >= 11 is 3.54. The van der Waals surface area contributed by atoms with E-state index in [9.17, 15) is 0 Å². The summed E-state index contributed by atoms with van der Waals surface area (Å²) in [5, 5.41) is 7.94. The first-order valence-electron chi connectivity index (χ1n) is 6.70. The Morgan fingerprint density at radius 2 is 1.95 bits per heavy atom. The van der Waals surface area contributed by atoms with Crippen LogP contribution in [0.3, 0.4) is 0 Å². The molecule has 2 rings (SSSR count). The minimum atomic E-state index is 0.110. The summed E-state index contributed by atoms with van der Waals surface area (Å²) in [6.07, 6.45) is 1.90. The quantitative estimate of drug-likeness (QED) is 0.932. The van der Waals surface area contributed by atoms with Crippen molar-refractivity contribution >= 4 is 15.9 Å². The van der Waals surface area contributed by atoms with Gasteiger partial charge in [-0.3, -0.25) is 0 Å². The second-order valence-electron chi connectivity index (χ2n) is 6.02. The molecule has 0 atom stereocenters. The van der Waals surface area contributed by atoms with Gasteiger partial charge in [-0.05, 0) is 62.2 Å². The molecule has 0 aliphatic rings. The number of hydrogen-bond acceptors (Lipinski definition) is 3. The molecule has 0 aromatic carbocycles. The van der Waals surface area contributed by atoms with Crippen molar-refractivity contribution in [2.75, 3.05) is 0 Å². The van der Waals surface area contributed by atoms with E-state index in [1.165, 1.54) is 5.56 Å². The average Bonchev–Trinajstić information content (AvgIpc) is 2.64. The molecule has 0 fully saturated rings. The summed E-state index contributed by atoms with van der Waals surface area (Å²) in [5.74, 6) is 0.843. The standard InChI is InChI=1S/C15H21BrN4/c1-10-14(16)11(2)20(19-10)13-7-6-12(8-17-13)9-18-15(3,4)5/h6-8,18H,9H2,1-5H3. The van der Waals surface area contributed by atoms with Crippen molar-refractivity contribution in [3.05, 3.63) is 39.8 Å². The number of halogens is 1. The molecule has 0 saturated heterocycles. The number of hydrogen-bond donors (Lipinski definition) is 1. The van der Waals surface area contributed by atoms with Crippen LogP contribution in [-0.2, 0) is 6.54 Å². The van der Waals surface area contributed by atoms with Gasteiger partial charge < -0.3 is 5.32 Å². The minimum absolute atomic E-state index is 0.110. The van der Waals surface area contributed by atoms with Gasteiger partial charge in [0, 0.05) is 18.3 Å². The van der Waals surface area contributed by atoms with E-state index >= 15 is 0 Å². The Hall–Kier alpha value is -1.20. The molecule has 0 bridgehead atoms. The number of nitrogens with zero attached hydrogens (tertiary/aromatic N) is 3. The SMILES string of the molecule is Cc1nn(-c2ccc(CNC(C)(C)C)cn2)c(C)c1Br. The van der Waals surface area contributed by atoms with Crippen molar-refractivity contribution < 1.29 is 0 Å². The van der Waals surface area contributed by atoms with Crippen LogP contribution in [0.2, 0.25) is 0 Å². The van der Waals surface area contributed by atoms with Crippen molar-refractivity contribution in [2.45, 2.75) is 46.7 Å². The van der Waals surface area contributed by atoms with Gasteiger partial charge in [0.05, 0.1) is 15.9 Å². The molecule has 2 aromatic rings. The van der Waals surface area contributed by atoms with Gasteiger partial charge in [-0.2, -0.15) is 5.10 Å². The van der Waals surface area contributed by atoms with Crippen LogP contribution in [0, 0.1) is 13.8 Å². The first kappa shape index (κ1) is 15.2. The minimum Gasteiger partial charge on any atom is -0.308 e. The molecule has 0 aliphatic heterocycles. The highest BCUT2D eigenvalue weighted by Crippen LogP contribution is 2.22. The molecule has 5 heteroatoms. The lowest BCUT2D eigenvalue weighted by atomic mass is 10.1. The Labute approximate surface area is 128 Å². The summed E-state index contributed by atoms with van der Waals surface area (Å²) in [6.45, 7) is 11.3. The third-order valence-electron chi connectivity index (χ3n) is 3.05. The lowest BCUT2D eigenvalue weighted by Gasteiger charge is -2.20. The molecule has 2 heterocycles. The van der Waals surface area contributed by atoms with Crippen molar-refractivity contribution in [3.8, 4) is 5.82 Å². The van der Waals surface area contributed by atoms with Crippen LogP contribution in [0.25, 0.3) is 5.82 Å². The molecule has 2 aromatic heterocycles. The monoisotopic (exact) mass is 336 g/mol. The maximum absolute atomic E-state index is 4.50. The van der Waals surface area contributed by atoms with Crippen molar-refractivity contribution in [3.63, 3.8) is 0 Å². The third-order valence-corrected chi connectivity index (χ3v) is 4.20. The topological polar surface area (TPSA) is 42.7 Å². The fourth-order valence-electron chi connectivity index (χ4n) is 1.86. The maximum Gasteiger partial charge on any atom is 0.153 e. The first-order chi connectivity index (χ1) is 9.28. The zero-order valence-corrected chi connectivity index (χ0v) is 14.2. The van der Waals surface area contributed by atoms with E-state index in [1.807, 2.05) is 30.8 Å². The van der Waals surface area contributed by atoms with Crippen LogP contribution in [0.4, 0.5) is 0 Å². The summed E-state index contributed by atoms with van der Waals surface area (Å²) in [4.78, 5) is 4.50. The molecule has 1 N–H and O–H groups in total. The van der Waals surface area contributed by atoms with Gasteiger partial charge in [0.2, 0.25) is 0 Å². The molecule has 0 aliphatic carbocycles. The number of aryl methyl sites for hydroxylation is 1. The molecule has 0 radical (unpaired) electrons. The fourth-order valence-corrected chi connectivity index (χ4v) is 2.11. The number of nitrogens with one attached hydrogen (secondary N) is 1. The van der Waals surface area contributed by atoms with E-state index < -0.39 is 0 Å². The molecule has 108 valence electrons. The van der Waals surface area contributed by atoms with Gasteiger partial charge in [0.1, 0.15) is 0 Å². The molecule has 0 amide bonds. The van der Waals surface area contributed by atoms with Crippen LogP contribution in [0.1, 0.15) is 37.7 Å². The molecular weight excluding hydrogens is 316 g/mol. The third kappa shape index (κ3) is 3.46. The van der Waals surface area contributed by atoms with E-state index in [2.05, 4.69) is 58.2 Å². The molecule has 0 spiro atoms. The van der Waals surface area contributed by atoms with Crippen LogP contribution >= 0.6 is 15.9 Å². The maximum atomic E-state index is 4.50. The van der Waals surface area contributed by atoms with Crippen molar-refractivity contribution in [1.29, 1.82) is 0 Å². The second-order valence-corrected chi connectivity index (χ2v) is 6.82. The van der Waals surface area contributed by atoms with Crippen LogP contribution in [-0.4, -0.2) is 20.3 Å². The Kier molecular flexibility index (Phi) is 4.30. The molecule has 0 unspecified atom stereocenters. The number of rotatable bonds is 3. The van der Waals surface area contributed by atoms with Crippen molar-refractivity contribution in [1.82, 2.24) is 20.1 Å². The summed E-state index contributed by atoms with van der Waals surface area (Å²) in [5.41, 5.74) is 3.32. The largest absolute Gasteiger partial charge is 0.308 e. The molecular formula is C15H21BrN4. The zero-order chi connectivity index (χ0) is 14.9. The molecule has 4 nitrogen and oxygen atoms in total. The first-order valence-corrected chi connectivity index (χ1v) is 7.49. The average molecular weight is 337 g/mol. The number of pyridine rings is 1. The highest BCUT2D eigenvalue weighted by atomic mass is 79.9.